The Balaban J connectivity index is 2.38. The highest BCUT2D eigenvalue weighted by molar-refractivity contribution is 5.87. The van der Waals surface area contributed by atoms with Crippen molar-refractivity contribution in [3.05, 3.63) is 54.1 Å². The summed E-state index contributed by atoms with van der Waals surface area (Å²) in [5.41, 5.74) is 1.58. The zero-order chi connectivity index (χ0) is 12.7. The minimum absolute atomic E-state index is 0.126. The number of hydrogen-bond acceptors (Lipinski definition) is 2. The van der Waals surface area contributed by atoms with Crippen LogP contribution in [0.5, 0.6) is 0 Å². The van der Waals surface area contributed by atoms with E-state index in [4.69, 9.17) is 4.74 Å². The summed E-state index contributed by atoms with van der Waals surface area (Å²) in [6, 6.07) is 10.0. The normalized spacial score (nSPS) is 12.4. The Hall–Kier alpha value is -1.83. The van der Waals surface area contributed by atoms with Crippen molar-refractivity contribution in [3.63, 3.8) is 0 Å². The molecule has 1 atom stereocenters. The molecule has 0 aromatic heterocycles. The summed E-state index contributed by atoms with van der Waals surface area (Å²) in [6.07, 6.45) is 4.60. The maximum absolute atomic E-state index is 11.2. The van der Waals surface area contributed by atoms with Crippen LogP contribution in [0.2, 0.25) is 0 Å². The Bertz CT molecular complexity index is 404. The fourth-order valence-corrected chi connectivity index (χ4v) is 1.29. The van der Waals surface area contributed by atoms with E-state index in [0.717, 1.165) is 5.56 Å². The summed E-state index contributed by atoms with van der Waals surface area (Å²) >= 11 is 0. The maximum atomic E-state index is 11.2. The van der Waals surface area contributed by atoms with E-state index >= 15 is 0 Å². The molecule has 0 saturated carbocycles. The molecule has 0 saturated heterocycles. The minimum Gasteiger partial charge on any atom is -0.459 e. The van der Waals surface area contributed by atoms with E-state index < -0.39 is 0 Å². The van der Waals surface area contributed by atoms with Crippen LogP contribution in [-0.2, 0) is 9.53 Å². The predicted molar refractivity (Wildman–Crippen MR) is 70.5 cm³/mol. The molecule has 1 unspecified atom stereocenters. The largest absolute Gasteiger partial charge is 0.459 e. The van der Waals surface area contributed by atoms with Crippen LogP contribution >= 0.6 is 0 Å². The molecule has 2 heteroatoms. The number of benzene rings is 1. The van der Waals surface area contributed by atoms with Gasteiger partial charge in [-0.1, -0.05) is 49.1 Å². The van der Waals surface area contributed by atoms with Crippen LogP contribution in [0.4, 0.5) is 0 Å². The fraction of sp³-hybridized carbons (Fsp3) is 0.267. The highest BCUT2D eigenvalue weighted by Gasteiger charge is 2.07. The van der Waals surface area contributed by atoms with E-state index in [1.165, 1.54) is 0 Å². The van der Waals surface area contributed by atoms with Crippen molar-refractivity contribution in [1.29, 1.82) is 0 Å². The molecule has 0 aliphatic rings. The average molecular weight is 230 g/mol. The lowest BCUT2D eigenvalue weighted by atomic mass is 10.2. The van der Waals surface area contributed by atoms with Crippen molar-refractivity contribution < 1.29 is 9.53 Å². The van der Waals surface area contributed by atoms with Gasteiger partial charge < -0.3 is 4.74 Å². The Morgan fingerprint density at radius 1 is 1.41 bits per heavy atom. The van der Waals surface area contributed by atoms with Gasteiger partial charge in [0.25, 0.3) is 0 Å². The standard InChI is InChI=1S/C15H18O2/c1-12(2)15(16)17-13(3)8-7-11-14-9-5-4-6-10-14/h4-7,9-11,13H,1,8H2,2-3H3. The molecule has 0 amide bonds. The first-order valence-corrected chi connectivity index (χ1v) is 5.67. The van der Waals surface area contributed by atoms with Crippen LogP contribution in [-0.4, -0.2) is 12.1 Å². The second-order valence-electron chi connectivity index (χ2n) is 4.05. The topological polar surface area (TPSA) is 26.3 Å². The van der Waals surface area contributed by atoms with Gasteiger partial charge >= 0.3 is 5.97 Å². The van der Waals surface area contributed by atoms with E-state index in [0.29, 0.717) is 12.0 Å². The molecule has 0 aliphatic carbocycles. The summed E-state index contributed by atoms with van der Waals surface area (Å²) in [5.74, 6) is -0.328. The molecule has 1 rings (SSSR count). The minimum atomic E-state index is -0.328. The molecule has 1 aromatic rings. The third-order valence-corrected chi connectivity index (χ3v) is 2.23. The maximum Gasteiger partial charge on any atom is 0.333 e. The first-order valence-electron chi connectivity index (χ1n) is 5.67. The van der Waals surface area contributed by atoms with Crippen molar-refractivity contribution in [1.82, 2.24) is 0 Å². The van der Waals surface area contributed by atoms with Gasteiger partial charge in [-0.25, -0.2) is 4.79 Å². The van der Waals surface area contributed by atoms with Crippen molar-refractivity contribution in [3.8, 4) is 0 Å². The summed E-state index contributed by atoms with van der Waals surface area (Å²) in [4.78, 5) is 11.2. The SMILES string of the molecule is C=C(C)C(=O)OC(C)CC=Cc1ccccc1. The monoisotopic (exact) mass is 230 g/mol. The number of esters is 1. The summed E-state index contributed by atoms with van der Waals surface area (Å²) in [7, 11) is 0. The van der Waals surface area contributed by atoms with Crippen LogP contribution < -0.4 is 0 Å². The smallest absolute Gasteiger partial charge is 0.333 e. The first-order chi connectivity index (χ1) is 8.09. The number of ether oxygens (including phenoxy) is 1. The van der Waals surface area contributed by atoms with Crippen LogP contribution in [0.15, 0.2) is 48.6 Å². The number of carbonyl (C=O) groups is 1. The molecule has 90 valence electrons. The lowest BCUT2D eigenvalue weighted by Crippen LogP contribution is -2.14. The number of hydrogen-bond donors (Lipinski definition) is 0. The van der Waals surface area contributed by atoms with Crippen LogP contribution in [0.3, 0.4) is 0 Å². The quantitative estimate of drug-likeness (QED) is 0.570. The van der Waals surface area contributed by atoms with Gasteiger partial charge in [-0.15, -0.1) is 0 Å². The zero-order valence-corrected chi connectivity index (χ0v) is 10.3. The highest BCUT2D eigenvalue weighted by atomic mass is 16.5. The Morgan fingerprint density at radius 2 is 2.06 bits per heavy atom. The van der Waals surface area contributed by atoms with E-state index in [2.05, 4.69) is 6.58 Å². The zero-order valence-electron chi connectivity index (χ0n) is 10.3. The molecular formula is C15H18O2. The first kappa shape index (κ1) is 13.2. The predicted octanol–water partition coefficient (Wildman–Crippen LogP) is 3.60. The number of carbonyl (C=O) groups excluding carboxylic acids is 1. The van der Waals surface area contributed by atoms with Crippen LogP contribution in [0.1, 0.15) is 25.8 Å². The Morgan fingerprint density at radius 3 is 2.65 bits per heavy atom. The Labute approximate surface area is 103 Å². The van der Waals surface area contributed by atoms with E-state index in [-0.39, 0.29) is 12.1 Å². The van der Waals surface area contributed by atoms with Gasteiger partial charge in [-0.05, 0) is 19.4 Å². The van der Waals surface area contributed by atoms with Gasteiger partial charge in [0.15, 0.2) is 0 Å². The molecule has 0 N–H and O–H groups in total. The van der Waals surface area contributed by atoms with Gasteiger partial charge in [0.2, 0.25) is 0 Å². The average Bonchev–Trinajstić information content (AvgIpc) is 2.30. The lowest BCUT2D eigenvalue weighted by molar-refractivity contribution is -0.143. The van der Waals surface area contributed by atoms with Gasteiger partial charge in [-0.2, -0.15) is 0 Å². The van der Waals surface area contributed by atoms with Crippen LogP contribution in [0, 0.1) is 0 Å². The Kier molecular flexibility index (Phi) is 5.21. The summed E-state index contributed by atoms with van der Waals surface area (Å²) in [6.45, 7) is 7.06. The molecule has 1 aromatic carbocycles. The molecule has 2 nitrogen and oxygen atoms in total. The van der Waals surface area contributed by atoms with E-state index in [1.54, 1.807) is 6.92 Å². The molecule has 0 radical (unpaired) electrons. The van der Waals surface area contributed by atoms with Crippen LogP contribution in [0.25, 0.3) is 6.08 Å². The second-order valence-corrected chi connectivity index (χ2v) is 4.05. The fourth-order valence-electron chi connectivity index (χ4n) is 1.29. The summed E-state index contributed by atoms with van der Waals surface area (Å²) in [5, 5.41) is 0. The molecule has 0 bridgehead atoms. The van der Waals surface area contributed by atoms with Gasteiger partial charge in [0, 0.05) is 12.0 Å². The van der Waals surface area contributed by atoms with Gasteiger partial charge in [0.1, 0.15) is 6.10 Å². The second kappa shape index (κ2) is 6.69. The molecule has 0 heterocycles. The van der Waals surface area contributed by atoms with Gasteiger partial charge in [-0.3, -0.25) is 0 Å². The molecule has 0 fully saturated rings. The van der Waals surface area contributed by atoms with E-state index in [9.17, 15) is 4.79 Å². The lowest BCUT2D eigenvalue weighted by Gasteiger charge is -2.10. The third kappa shape index (κ3) is 5.16. The molecule has 0 aliphatic heterocycles. The van der Waals surface area contributed by atoms with Crippen molar-refractivity contribution in [2.45, 2.75) is 26.4 Å². The van der Waals surface area contributed by atoms with Crippen molar-refractivity contribution >= 4 is 12.0 Å². The molecular weight excluding hydrogens is 212 g/mol. The summed E-state index contributed by atoms with van der Waals surface area (Å²) < 4.78 is 5.16. The molecule has 0 spiro atoms. The highest BCUT2D eigenvalue weighted by Crippen LogP contribution is 2.06. The van der Waals surface area contributed by atoms with E-state index in [1.807, 2.05) is 49.4 Å². The van der Waals surface area contributed by atoms with Crippen molar-refractivity contribution in [2.24, 2.45) is 0 Å². The van der Waals surface area contributed by atoms with Gasteiger partial charge in [0.05, 0.1) is 0 Å². The molecule has 17 heavy (non-hydrogen) atoms. The third-order valence-electron chi connectivity index (χ3n) is 2.23. The van der Waals surface area contributed by atoms with Crippen molar-refractivity contribution in [2.75, 3.05) is 0 Å². The number of rotatable bonds is 5.